The lowest BCUT2D eigenvalue weighted by Crippen LogP contribution is -2.49. The number of piperidine rings is 1. The van der Waals surface area contributed by atoms with Crippen LogP contribution in [0.25, 0.3) is 0 Å². The second-order valence-corrected chi connectivity index (χ2v) is 6.55. The Morgan fingerprint density at radius 1 is 1.48 bits per heavy atom. The molecule has 2 atom stereocenters. The Balaban J connectivity index is 1.90. The molecule has 1 saturated heterocycles. The number of rotatable bonds is 6. The predicted molar refractivity (Wildman–Crippen MR) is 90.4 cm³/mol. The summed E-state index contributed by atoms with van der Waals surface area (Å²) in [6.07, 6.45) is 1.49. The molecule has 0 aliphatic carbocycles. The maximum absolute atomic E-state index is 11.8. The molecule has 0 unspecified atom stereocenters. The summed E-state index contributed by atoms with van der Waals surface area (Å²) in [6.45, 7) is 6.13. The van der Waals surface area contributed by atoms with E-state index < -0.39 is 6.10 Å². The monoisotopic (exact) mass is 320 g/mol. The Labute approximate surface area is 138 Å². The van der Waals surface area contributed by atoms with Crippen LogP contribution in [0, 0.1) is 5.92 Å². The van der Waals surface area contributed by atoms with Crippen molar-refractivity contribution in [1.29, 1.82) is 0 Å². The lowest BCUT2D eigenvalue weighted by Gasteiger charge is -2.34. The van der Waals surface area contributed by atoms with Crippen molar-refractivity contribution in [2.24, 2.45) is 5.92 Å². The minimum absolute atomic E-state index is 0.00718. The standard InChI is InChI=1S/C18H28N2O3/c1-13(2)18(22)19-15-7-5-9-20(11-15)12-17(21)14-6-4-8-16(10-14)23-3/h4,6,8,10,13,15,17,21H,5,7,9,11-12H2,1-3H3,(H,19,22)/t15-,17-/m0/s1. The Morgan fingerprint density at radius 3 is 2.96 bits per heavy atom. The van der Waals surface area contributed by atoms with Gasteiger partial charge < -0.3 is 15.2 Å². The molecule has 1 amide bonds. The van der Waals surface area contributed by atoms with Crippen LogP contribution in [0.3, 0.4) is 0 Å². The molecular formula is C18H28N2O3. The predicted octanol–water partition coefficient (Wildman–Crippen LogP) is 1.97. The third kappa shape index (κ3) is 5.22. The van der Waals surface area contributed by atoms with Gasteiger partial charge in [0.2, 0.25) is 5.91 Å². The number of ether oxygens (including phenoxy) is 1. The first-order valence-corrected chi connectivity index (χ1v) is 8.34. The van der Waals surface area contributed by atoms with Crippen LogP contribution in [0.4, 0.5) is 0 Å². The van der Waals surface area contributed by atoms with Gasteiger partial charge in [0.15, 0.2) is 0 Å². The molecule has 2 N–H and O–H groups in total. The summed E-state index contributed by atoms with van der Waals surface area (Å²) in [5.74, 6) is 0.861. The average Bonchev–Trinajstić information content (AvgIpc) is 2.55. The highest BCUT2D eigenvalue weighted by Gasteiger charge is 2.24. The zero-order chi connectivity index (χ0) is 16.8. The maximum atomic E-state index is 11.8. The van der Waals surface area contributed by atoms with Crippen LogP contribution in [0.15, 0.2) is 24.3 Å². The van der Waals surface area contributed by atoms with Crippen molar-refractivity contribution in [3.8, 4) is 5.75 Å². The van der Waals surface area contributed by atoms with E-state index in [0.717, 1.165) is 37.2 Å². The lowest BCUT2D eigenvalue weighted by molar-refractivity contribution is -0.125. The van der Waals surface area contributed by atoms with E-state index in [2.05, 4.69) is 10.2 Å². The van der Waals surface area contributed by atoms with Gasteiger partial charge in [-0.15, -0.1) is 0 Å². The smallest absolute Gasteiger partial charge is 0.222 e. The molecule has 2 rings (SSSR count). The van der Waals surface area contributed by atoms with Crippen LogP contribution >= 0.6 is 0 Å². The van der Waals surface area contributed by atoms with Gasteiger partial charge in [-0.05, 0) is 37.1 Å². The van der Waals surface area contributed by atoms with Gasteiger partial charge in [-0.3, -0.25) is 9.69 Å². The number of carbonyl (C=O) groups is 1. The summed E-state index contributed by atoms with van der Waals surface area (Å²) < 4.78 is 5.21. The molecule has 1 aromatic rings. The quantitative estimate of drug-likeness (QED) is 0.841. The molecule has 128 valence electrons. The third-order valence-corrected chi connectivity index (χ3v) is 4.29. The van der Waals surface area contributed by atoms with Gasteiger partial charge in [-0.25, -0.2) is 0 Å². The third-order valence-electron chi connectivity index (χ3n) is 4.29. The lowest BCUT2D eigenvalue weighted by atomic mass is 10.0. The highest BCUT2D eigenvalue weighted by molar-refractivity contribution is 5.78. The largest absolute Gasteiger partial charge is 0.497 e. The fourth-order valence-electron chi connectivity index (χ4n) is 2.91. The molecule has 0 saturated carbocycles. The molecule has 0 spiro atoms. The minimum atomic E-state index is -0.551. The van der Waals surface area contributed by atoms with Gasteiger partial charge in [-0.1, -0.05) is 26.0 Å². The summed E-state index contributed by atoms with van der Waals surface area (Å²) in [6, 6.07) is 7.71. The molecule has 1 aliphatic heterocycles. The maximum Gasteiger partial charge on any atom is 0.222 e. The van der Waals surface area contributed by atoms with E-state index in [9.17, 15) is 9.90 Å². The van der Waals surface area contributed by atoms with E-state index in [4.69, 9.17) is 4.74 Å². The van der Waals surface area contributed by atoms with Crippen molar-refractivity contribution in [2.45, 2.75) is 38.8 Å². The zero-order valence-corrected chi connectivity index (χ0v) is 14.3. The average molecular weight is 320 g/mol. The number of nitrogens with one attached hydrogen (secondary N) is 1. The first-order valence-electron chi connectivity index (χ1n) is 8.34. The van der Waals surface area contributed by atoms with Crippen LogP contribution in [-0.2, 0) is 4.79 Å². The number of carbonyl (C=O) groups excluding carboxylic acids is 1. The number of aliphatic hydroxyl groups excluding tert-OH is 1. The van der Waals surface area contributed by atoms with Gasteiger partial charge in [0.25, 0.3) is 0 Å². The second-order valence-electron chi connectivity index (χ2n) is 6.55. The number of benzene rings is 1. The molecule has 1 heterocycles. The van der Waals surface area contributed by atoms with Crippen LogP contribution in [0.2, 0.25) is 0 Å². The van der Waals surface area contributed by atoms with Crippen LogP contribution < -0.4 is 10.1 Å². The molecule has 1 aromatic carbocycles. The fourth-order valence-corrected chi connectivity index (χ4v) is 2.91. The van der Waals surface area contributed by atoms with E-state index in [-0.39, 0.29) is 17.9 Å². The summed E-state index contributed by atoms with van der Waals surface area (Å²) in [5, 5.41) is 13.6. The second kappa shape index (κ2) is 8.31. The number of amides is 1. The number of methoxy groups -OCH3 is 1. The van der Waals surface area contributed by atoms with Gasteiger partial charge in [-0.2, -0.15) is 0 Å². The summed E-state index contributed by atoms with van der Waals surface area (Å²) in [4.78, 5) is 14.1. The Kier molecular flexibility index (Phi) is 6.42. The summed E-state index contributed by atoms with van der Waals surface area (Å²) in [7, 11) is 1.62. The van der Waals surface area contributed by atoms with Crippen LogP contribution in [0.1, 0.15) is 38.4 Å². The molecule has 5 heteroatoms. The normalized spacial score (nSPS) is 20.3. The molecule has 23 heavy (non-hydrogen) atoms. The van der Waals surface area contributed by atoms with E-state index >= 15 is 0 Å². The van der Waals surface area contributed by atoms with Crippen molar-refractivity contribution in [3.63, 3.8) is 0 Å². The van der Waals surface area contributed by atoms with Crippen molar-refractivity contribution >= 4 is 5.91 Å². The van der Waals surface area contributed by atoms with Crippen molar-refractivity contribution in [3.05, 3.63) is 29.8 Å². The fraction of sp³-hybridized carbons (Fsp3) is 0.611. The number of hydrogen-bond acceptors (Lipinski definition) is 4. The van der Waals surface area contributed by atoms with E-state index in [1.54, 1.807) is 7.11 Å². The number of hydrogen-bond donors (Lipinski definition) is 2. The first kappa shape index (κ1) is 17.8. The highest BCUT2D eigenvalue weighted by Crippen LogP contribution is 2.21. The molecule has 0 bridgehead atoms. The van der Waals surface area contributed by atoms with Crippen LogP contribution in [0.5, 0.6) is 5.75 Å². The van der Waals surface area contributed by atoms with Gasteiger partial charge in [0.1, 0.15) is 5.75 Å². The molecule has 1 aliphatic rings. The van der Waals surface area contributed by atoms with E-state index in [1.807, 2.05) is 38.1 Å². The van der Waals surface area contributed by atoms with Gasteiger partial charge >= 0.3 is 0 Å². The van der Waals surface area contributed by atoms with Crippen molar-refractivity contribution in [2.75, 3.05) is 26.7 Å². The summed E-state index contributed by atoms with van der Waals surface area (Å²) >= 11 is 0. The zero-order valence-electron chi connectivity index (χ0n) is 14.3. The SMILES string of the molecule is COc1cccc([C@@H](O)CN2CCC[C@H](NC(=O)C(C)C)C2)c1. The summed E-state index contributed by atoms with van der Waals surface area (Å²) in [5.41, 5.74) is 0.859. The van der Waals surface area contributed by atoms with Crippen molar-refractivity contribution < 1.29 is 14.6 Å². The molecular weight excluding hydrogens is 292 g/mol. The number of likely N-dealkylation sites (tertiary alicyclic amines) is 1. The highest BCUT2D eigenvalue weighted by atomic mass is 16.5. The first-order chi connectivity index (χ1) is 11.0. The number of β-amino-alcohol motifs (C(OH)–C–C–N with tert-alkyl or cyclic N) is 1. The van der Waals surface area contributed by atoms with Crippen LogP contribution in [-0.4, -0.2) is 48.7 Å². The minimum Gasteiger partial charge on any atom is -0.497 e. The van der Waals surface area contributed by atoms with Crippen molar-refractivity contribution in [1.82, 2.24) is 10.2 Å². The Morgan fingerprint density at radius 2 is 2.26 bits per heavy atom. The molecule has 1 fully saturated rings. The van der Waals surface area contributed by atoms with E-state index in [1.165, 1.54) is 0 Å². The molecule has 0 radical (unpaired) electrons. The molecule has 0 aromatic heterocycles. The topological polar surface area (TPSA) is 61.8 Å². The Hall–Kier alpha value is -1.59. The van der Waals surface area contributed by atoms with Gasteiger partial charge in [0.05, 0.1) is 13.2 Å². The number of aliphatic hydroxyl groups is 1. The Bertz CT molecular complexity index is 519. The molecule has 5 nitrogen and oxygen atoms in total. The van der Waals surface area contributed by atoms with E-state index in [0.29, 0.717) is 6.54 Å². The number of nitrogens with zero attached hydrogens (tertiary/aromatic N) is 1. The van der Waals surface area contributed by atoms with Gasteiger partial charge in [0, 0.05) is 25.0 Å².